The molecule has 2 aliphatic rings. The fraction of sp³-hybridized carbons (Fsp3) is 0.0943. The van der Waals surface area contributed by atoms with Gasteiger partial charge < -0.3 is 19.7 Å². The Balaban J connectivity index is 0.000000131. The summed E-state index contributed by atoms with van der Waals surface area (Å²) in [6.07, 6.45) is 0.895. The minimum Gasteiger partial charge on any atom is -0.399 e. The van der Waals surface area contributed by atoms with Gasteiger partial charge in [-0.3, -0.25) is 0 Å². The van der Waals surface area contributed by atoms with Crippen LogP contribution in [0, 0.1) is 14.4 Å². The second-order valence-electron chi connectivity index (χ2n) is 15.7. The van der Waals surface area contributed by atoms with Gasteiger partial charge in [-0.1, -0.05) is 135 Å². The summed E-state index contributed by atoms with van der Waals surface area (Å²) in [5.74, 6) is 0.580. The summed E-state index contributed by atoms with van der Waals surface area (Å²) in [4.78, 5) is 13.5. The number of hydrogen-bond acceptors (Lipinski definition) is 4. The molecular weight excluding hydrogens is 1110 g/mol. The molecule has 2 aromatic heterocycles. The maximum atomic E-state index is 9.31. The van der Waals surface area contributed by atoms with Crippen LogP contribution in [-0.2, 0) is 4.84 Å². The third kappa shape index (κ3) is 7.45. The van der Waals surface area contributed by atoms with E-state index in [0.29, 0.717) is 12.5 Å². The van der Waals surface area contributed by atoms with Crippen LogP contribution in [0.4, 0.5) is 5.69 Å². The van der Waals surface area contributed by atoms with Crippen molar-refractivity contribution in [1.29, 1.82) is 0 Å². The van der Waals surface area contributed by atoms with Crippen LogP contribution in [0.3, 0.4) is 0 Å². The number of halogens is 3. The number of rotatable bonds is 4. The number of anilines is 1. The van der Waals surface area contributed by atoms with E-state index in [1.54, 1.807) is 0 Å². The minimum absolute atomic E-state index is 0.446. The average Bonchev–Trinajstić information content (AvgIpc) is 3.75. The molecule has 10 aromatic rings. The van der Waals surface area contributed by atoms with Crippen molar-refractivity contribution >= 4 is 109 Å². The largest absolute Gasteiger partial charge is 0.399 e. The van der Waals surface area contributed by atoms with Crippen LogP contribution >= 0.6 is 59.8 Å². The molecule has 0 bridgehead atoms. The number of benzene rings is 8. The summed E-state index contributed by atoms with van der Waals surface area (Å²) in [6.45, 7) is 4.57. The third-order valence-electron chi connectivity index (χ3n) is 11.7. The Morgan fingerprint density at radius 1 is 0.516 bits per heavy atom. The van der Waals surface area contributed by atoms with Crippen molar-refractivity contribution in [2.75, 3.05) is 12.3 Å². The Hall–Kier alpha value is -5.25. The zero-order valence-corrected chi connectivity index (χ0v) is 40.5. The molecule has 0 saturated carbocycles. The Bertz CT molecular complexity index is 3090. The lowest BCUT2D eigenvalue weighted by atomic mass is 9.93. The van der Waals surface area contributed by atoms with Gasteiger partial charge in [0.25, 0.3) is 0 Å². The van der Waals surface area contributed by atoms with Gasteiger partial charge in [0.2, 0.25) is 0 Å². The number of nitrogens with two attached hydrogens (primary N) is 1. The maximum absolute atomic E-state index is 9.31. The molecule has 0 amide bonds. The molecule has 62 heavy (non-hydrogen) atoms. The topological polar surface area (TPSA) is 74.5 Å². The summed E-state index contributed by atoms with van der Waals surface area (Å²) in [6, 6.07) is 61.1. The zero-order chi connectivity index (χ0) is 42.9. The van der Waals surface area contributed by atoms with Gasteiger partial charge in [0.15, 0.2) is 5.34 Å². The molecule has 6 nitrogen and oxygen atoms in total. The van der Waals surface area contributed by atoms with E-state index in [1.165, 1.54) is 103 Å². The van der Waals surface area contributed by atoms with Crippen molar-refractivity contribution in [2.45, 2.75) is 20.3 Å². The SMILES string of the molecule is CC(C)CCON=O.II.Ic1ccc2c(c1)-c1ccccc1-c1cccc3c4ccccc4n-2c13.Nc1ccc2c(c1)-c1ccccc1-c1cccc3c4ccccc4n-2c13. The van der Waals surface area contributed by atoms with Crippen LogP contribution in [0.2, 0.25) is 0 Å². The minimum atomic E-state index is 0.446. The number of fused-ring (bicyclic) bond motifs is 16. The van der Waals surface area contributed by atoms with Gasteiger partial charge in [0, 0.05) is 90.3 Å². The lowest BCUT2D eigenvalue weighted by Crippen LogP contribution is -1.97. The van der Waals surface area contributed by atoms with Gasteiger partial charge in [-0.2, -0.15) is 0 Å². The first-order valence-electron chi connectivity index (χ1n) is 20.5. The Labute approximate surface area is 397 Å². The summed E-state index contributed by atoms with van der Waals surface area (Å²) >= 11 is 6.65. The molecule has 306 valence electrons. The van der Waals surface area contributed by atoms with Crippen LogP contribution in [0.15, 0.2) is 175 Å². The van der Waals surface area contributed by atoms with Crippen molar-refractivity contribution in [2.24, 2.45) is 11.3 Å². The Kier molecular flexibility index (Phi) is 12.4. The number of para-hydroxylation sites is 4. The van der Waals surface area contributed by atoms with E-state index >= 15 is 0 Å². The van der Waals surface area contributed by atoms with Crippen molar-refractivity contribution in [3.05, 3.63) is 178 Å². The fourth-order valence-electron chi connectivity index (χ4n) is 9.09. The highest BCUT2D eigenvalue weighted by Crippen LogP contribution is 2.48. The van der Waals surface area contributed by atoms with E-state index < -0.39 is 0 Å². The molecule has 12 rings (SSSR count). The van der Waals surface area contributed by atoms with E-state index in [2.05, 4.69) is 257 Å². The second-order valence-corrected chi connectivity index (χ2v) is 17.0. The first-order chi connectivity index (χ1) is 30.4. The predicted octanol–water partition coefficient (Wildman–Crippen LogP) is 16.6. The van der Waals surface area contributed by atoms with Crippen LogP contribution in [0.25, 0.3) is 99.5 Å². The molecule has 0 unspecified atom stereocenters. The predicted molar refractivity (Wildman–Crippen MR) is 287 cm³/mol. The first kappa shape index (κ1) is 42.1. The van der Waals surface area contributed by atoms with E-state index in [1.807, 2.05) is 6.07 Å². The van der Waals surface area contributed by atoms with Crippen LogP contribution in [0.1, 0.15) is 20.3 Å². The molecule has 0 radical (unpaired) electrons. The molecule has 0 fully saturated rings. The van der Waals surface area contributed by atoms with Crippen molar-refractivity contribution in [3.8, 4) is 55.9 Å². The molecule has 0 spiro atoms. The van der Waals surface area contributed by atoms with Crippen molar-refractivity contribution < 1.29 is 4.84 Å². The van der Waals surface area contributed by atoms with E-state index in [0.717, 1.165) is 12.1 Å². The van der Waals surface area contributed by atoms with Gasteiger partial charge >= 0.3 is 0 Å². The smallest absolute Gasteiger partial charge is 0.155 e. The molecule has 0 atom stereocenters. The van der Waals surface area contributed by atoms with Crippen LogP contribution in [0.5, 0.6) is 0 Å². The summed E-state index contributed by atoms with van der Waals surface area (Å²) in [7, 11) is 0. The summed E-state index contributed by atoms with van der Waals surface area (Å²) in [5, 5.41) is 7.46. The Morgan fingerprint density at radius 3 is 1.44 bits per heavy atom. The number of nitrogens with zero attached hydrogens (tertiary/aromatic N) is 3. The average molecular weight is 1150 g/mol. The van der Waals surface area contributed by atoms with Gasteiger partial charge in [0.1, 0.15) is 6.61 Å². The highest BCUT2D eigenvalue weighted by atomic mass is 128. The fourth-order valence-corrected chi connectivity index (χ4v) is 9.58. The number of aromatic nitrogens is 2. The Morgan fingerprint density at radius 2 is 0.935 bits per heavy atom. The molecule has 2 N–H and O–H groups in total. The van der Waals surface area contributed by atoms with E-state index in [9.17, 15) is 4.91 Å². The quantitative estimate of drug-likeness (QED) is 0.0627. The lowest BCUT2D eigenvalue weighted by Gasteiger charge is -2.13. The van der Waals surface area contributed by atoms with Crippen LogP contribution in [-0.4, -0.2) is 15.7 Å². The second kappa shape index (κ2) is 18.2. The standard InChI is InChI=1S/C24H14IN.C24H16N2.C5H11NO2.I2/c2*25-15-12-13-23-21(14-15)17-7-2-1-6-16(17)19-9-5-10-20-18-8-3-4-11-22(18)26(23)24(19)20;1-5(2)3-4-8-6-7;1-2/h1-14H;1-14H,25H2;5H,3-4H2,1-2H3;. The zero-order valence-electron chi connectivity index (χ0n) is 34.0. The highest BCUT2D eigenvalue weighted by molar-refractivity contribution is 15.0. The van der Waals surface area contributed by atoms with Gasteiger partial charge in [-0.25, -0.2) is 0 Å². The molecule has 0 aliphatic carbocycles. The molecule has 8 aromatic carbocycles. The number of hydrogen-bond donors (Lipinski definition) is 1. The van der Waals surface area contributed by atoms with E-state index in [-0.39, 0.29) is 0 Å². The molecular formula is C53H41I3N4O2. The van der Waals surface area contributed by atoms with Gasteiger partial charge in [0.05, 0.1) is 33.4 Å². The highest BCUT2D eigenvalue weighted by Gasteiger charge is 2.25. The molecule has 4 heterocycles. The number of nitrogen functional groups attached to an aromatic ring is 1. The van der Waals surface area contributed by atoms with Crippen molar-refractivity contribution in [3.63, 3.8) is 0 Å². The molecule has 2 aliphatic heterocycles. The molecule has 0 saturated heterocycles. The lowest BCUT2D eigenvalue weighted by molar-refractivity contribution is 0.128. The monoisotopic (exact) mass is 1150 g/mol. The van der Waals surface area contributed by atoms with Gasteiger partial charge in [-0.15, -0.1) is 4.91 Å². The summed E-state index contributed by atoms with van der Waals surface area (Å²) in [5.41, 5.74) is 24.6. The maximum Gasteiger partial charge on any atom is 0.155 e. The third-order valence-corrected chi connectivity index (χ3v) is 12.4. The van der Waals surface area contributed by atoms with Crippen LogP contribution < -0.4 is 5.73 Å². The van der Waals surface area contributed by atoms with Crippen molar-refractivity contribution in [1.82, 2.24) is 9.13 Å². The van der Waals surface area contributed by atoms with Gasteiger partial charge in [-0.05, 0) is 106 Å². The molecule has 9 heteroatoms. The summed E-state index contributed by atoms with van der Waals surface area (Å²) < 4.78 is 6.11. The normalized spacial score (nSPS) is 11.4. The van der Waals surface area contributed by atoms with E-state index in [4.69, 9.17) is 5.73 Å². The first-order valence-corrected chi connectivity index (χ1v) is 27.8.